The minimum Gasteiger partial charge on any atom is -0.763 e. The predicted octanol–water partition coefficient (Wildman–Crippen LogP) is 2.06. The topological polar surface area (TPSA) is 54.8 Å². The fourth-order valence-electron chi connectivity index (χ4n) is 1.21. The summed E-state index contributed by atoms with van der Waals surface area (Å²) in [5, 5.41) is 17.5. The van der Waals surface area contributed by atoms with E-state index in [-0.39, 0.29) is 22.5 Å². The summed E-state index contributed by atoms with van der Waals surface area (Å²) in [5.74, 6) is 1.84. The van der Waals surface area contributed by atoms with E-state index in [0.29, 0.717) is 5.57 Å². The molecule has 0 spiro atoms. The van der Waals surface area contributed by atoms with Crippen molar-refractivity contribution in [3.05, 3.63) is 56.4 Å². The molecule has 0 saturated carbocycles. The Morgan fingerprint density at radius 3 is 2.21 bits per heavy atom. The highest BCUT2D eigenvalue weighted by Crippen LogP contribution is 2.36. The fraction of sp³-hybridized carbons (Fsp3) is 0.100. The second-order valence-corrected chi connectivity index (χ2v) is 2.52. The first-order valence-corrected chi connectivity index (χ1v) is 3.59. The van der Waals surface area contributed by atoms with Gasteiger partial charge in [-0.1, -0.05) is 0 Å². The lowest BCUT2D eigenvalue weighted by atomic mass is 10.1. The summed E-state index contributed by atoms with van der Waals surface area (Å²) in [7, 11) is 0. The molecule has 0 N–H and O–H groups in total. The third-order valence-corrected chi connectivity index (χ3v) is 1.89. The molecule has 4 heteroatoms. The zero-order valence-corrected chi connectivity index (χ0v) is 7.29. The lowest BCUT2D eigenvalue weighted by molar-refractivity contribution is 1.42. The number of rotatable bonds is 0. The van der Waals surface area contributed by atoms with Crippen molar-refractivity contribution in [2.24, 2.45) is 0 Å². The number of nitrogens with zero attached hydrogens (tertiary/aromatic N) is 4. The van der Waals surface area contributed by atoms with Gasteiger partial charge in [-0.2, -0.15) is 5.26 Å². The largest absolute Gasteiger partial charge is 0.763 e. The first kappa shape index (κ1) is 9.49. The minimum atomic E-state index is -0.00319. The third kappa shape index (κ3) is 1.03. The first-order valence-electron chi connectivity index (χ1n) is 3.59. The maximum absolute atomic E-state index is 8.75. The normalized spacial score (nSPS) is 14.6. The number of hydrogen-bond donors (Lipinski definition) is 0. The lowest BCUT2D eigenvalue weighted by Crippen LogP contribution is -1.84. The van der Waals surface area contributed by atoms with Crippen LogP contribution in [0.15, 0.2) is 28.1 Å². The van der Waals surface area contributed by atoms with Crippen molar-refractivity contribution < 1.29 is 0 Å². The molecule has 0 fully saturated rings. The van der Waals surface area contributed by atoms with Gasteiger partial charge in [0.15, 0.2) is 5.70 Å². The van der Waals surface area contributed by atoms with E-state index in [1.54, 1.807) is 13.0 Å². The molecule has 0 aliphatic heterocycles. The third-order valence-electron chi connectivity index (χ3n) is 1.89. The van der Waals surface area contributed by atoms with Crippen LogP contribution in [0.25, 0.3) is 15.1 Å². The highest BCUT2D eigenvalue weighted by atomic mass is 14.8. The SMILES string of the molecule is [C-]#[N+]C1=C(C)C(=C=[N-])C(C#N)=C1[N+]#[C-]. The summed E-state index contributed by atoms with van der Waals surface area (Å²) < 4.78 is 0. The second-order valence-electron chi connectivity index (χ2n) is 2.52. The molecule has 0 aromatic carbocycles. The van der Waals surface area contributed by atoms with Gasteiger partial charge in [-0.25, -0.2) is 9.69 Å². The Hall–Kier alpha value is -2.60. The molecule has 0 aromatic rings. The standard InChI is InChI=1S/C10H3N4/c1-6-7(4-11)8(5-12)10(14-3)9(6)13-2/h1H3/q-1. The molecule has 1 rings (SSSR count). The van der Waals surface area contributed by atoms with E-state index in [9.17, 15) is 0 Å². The molecule has 0 amide bonds. The summed E-state index contributed by atoms with van der Waals surface area (Å²) in [4.78, 5) is 6.26. The smallest absolute Gasteiger partial charge is 0.213 e. The van der Waals surface area contributed by atoms with Crippen LogP contribution in [0, 0.1) is 24.5 Å². The molecule has 0 aromatic heterocycles. The molecule has 4 nitrogen and oxygen atoms in total. The van der Waals surface area contributed by atoms with E-state index in [1.165, 1.54) is 0 Å². The van der Waals surface area contributed by atoms with Gasteiger partial charge in [0.2, 0.25) is 5.70 Å². The van der Waals surface area contributed by atoms with Gasteiger partial charge in [0.1, 0.15) is 0 Å². The van der Waals surface area contributed by atoms with Crippen molar-refractivity contribution in [3.63, 3.8) is 0 Å². The summed E-state index contributed by atoms with van der Waals surface area (Å²) >= 11 is 0. The quantitative estimate of drug-likeness (QED) is 0.414. The van der Waals surface area contributed by atoms with E-state index in [1.807, 2.05) is 5.87 Å². The zero-order valence-electron chi connectivity index (χ0n) is 7.29. The van der Waals surface area contributed by atoms with Crippen LogP contribution in [0.2, 0.25) is 0 Å². The molecule has 0 radical (unpaired) electrons. The maximum atomic E-state index is 8.75. The van der Waals surface area contributed by atoms with Gasteiger partial charge in [-0.3, -0.25) is 5.87 Å². The van der Waals surface area contributed by atoms with Crippen molar-refractivity contribution in [2.75, 3.05) is 0 Å². The second kappa shape index (κ2) is 3.42. The van der Waals surface area contributed by atoms with Crippen LogP contribution in [-0.2, 0) is 0 Å². The van der Waals surface area contributed by atoms with Gasteiger partial charge < -0.3 is 5.41 Å². The fourth-order valence-corrected chi connectivity index (χ4v) is 1.21. The van der Waals surface area contributed by atoms with E-state index in [0.717, 1.165) is 0 Å². The molecule has 14 heavy (non-hydrogen) atoms. The van der Waals surface area contributed by atoms with Crippen LogP contribution in [-0.4, -0.2) is 5.87 Å². The van der Waals surface area contributed by atoms with Crippen LogP contribution < -0.4 is 0 Å². The van der Waals surface area contributed by atoms with Gasteiger partial charge in [0, 0.05) is 0 Å². The van der Waals surface area contributed by atoms with E-state index in [2.05, 4.69) is 9.69 Å². The van der Waals surface area contributed by atoms with Gasteiger partial charge >= 0.3 is 0 Å². The summed E-state index contributed by atoms with van der Waals surface area (Å²) in [6, 6.07) is 1.78. The monoisotopic (exact) mass is 179 g/mol. The van der Waals surface area contributed by atoms with Crippen molar-refractivity contribution in [1.29, 1.82) is 5.26 Å². The van der Waals surface area contributed by atoms with Crippen LogP contribution >= 0.6 is 0 Å². The molecule has 0 atom stereocenters. The molecular formula is C10H3N4-. The Morgan fingerprint density at radius 2 is 1.86 bits per heavy atom. The van der Waals surface area contributed by atoms with Crippen molar-refractivity contribution in [3.8, 4) is 6.07 Å². The average Bonchev–Trinajstić information content (AvgIpc) is 2.48. The summed E-state index contributed by atoms with van der Waals surface area (Å²) in [6.07, 6.45) is 0. The van der Waals surface area contributed by atoms with Crippen molar-refractivity contribution in [2.45, 2.75) is 6.92 Å². The Bertz CT molecular complexity index is 534. The van der Waals surface area contributed by atoms with E-state index >= 15 is 0 Å². The molecule has 64 valence electrons. The Balaban J connectivity index is 3.66. The number of allylic oxidation sites excluding steroid dienone is 3. The Morgan fingerprint density at radius 1 is 1.29 bits per heavy atom. The Labute approximate surface area is 81.2 Å². The molecule has 0 unspecified atom stereocenters. The summed E-state index contributed by atoms with van der Waals surface area (Å²) in [6.45, 7) is 15.3. The van der Waals surface area contributed by atoms with Gasteiger partial charge in [0.05, 0.1) is 24.8 Å². The van der Waals surface area contributed by atoms with Crippen LogP contribution in [0.3, 0.4) is 0 Å². The predicted molar refractivity (Wildman–Crippen MR) is 50.4 cm³/mol. The van der Waals surface area contributed by atoms with Crippen molar-refractivity contribution in [1.82, 2.24) is 0 Å². The number of nitriles is 1. The molecule has 1 aliphatic rings. The van der Waals surface area contributed by atoms with E-state index < -0.39 is 0 Å². The highest BCUT2D eigenvalue weighted by molar-refractivity contribution is 5.83. The number of hydrogen-bond acceptors (Lipinski definition) is 1. The van der Waals surface area contributed by atoms with Crippen LogP contribution in [0.4, 0.5) is 0 Å². The minimum absolute atomic E-state index is 0.00319. The Kier molecular flexibility index (Phi) is 2.32. The van der Waals surface area contributed by atoms with Crippen LogP contribution in [0.5, 0.6) is 0 Å². The van der Waals surface area contributed by atoms with Gasteiger partial charge in [0.25, 0.3) is 0 Å². The zero-order chi connectivity index (χ0) is 10.7. The lowest BCUT2D eigenvalue weighted by Gasteiger charge is -1.98. The van der Waals surface area contributed by atoms with E-state index in [4.69, 9.17) is 23.8 Å². The molecule has 0 heterocycles. The highest BCUT2D eigenvalue weighted by Gasteiger charge is 2.26. The summed E-state index contributed by atoms with van der Waals surface area (Å²) in [5.41, 5.74) is 0.699. The van der Waals surface area contributed by atoms with Crippen molar-refractivity contribution >= 4 is 5.87 Å². The van der Waals surface area contributed by atoms with Gasteiger partial charge in [-0.15, -0.1) is 0 Å². The van der Waals surface area contributed by atoms with Gasteiger partial charge in [-0.05, 0) is 18.1 Å². The average molecular weight is 179 g/mol. The molecule has 0 bridgehead atoms. The van der Waals surface area contributed by atoms with Crippen LogP contribution in [0.1, 0.15) is 6.92 Å². The maximum Gasteiger partial charge on any atom is 0.213 e. The molecule has 0 saturated heterocycles. The molecule has 1 aliphatic carbocycles. The first-order chi connectivity index (χ1) is 6.71. The molecular weight excluding hydrogens is 176 g/mol.